The van der Waals surface area contributed by atoms with Crippen LogP contribution in [0.25, 0.3) is 0 Å². The summed E-state index contributed by atoms with van der Waals surface area (Å²) in [6, 6.07) is 2.23. The third kappa shape index (κ3) is 4.79. The molecule has 2 atom stereocenters. The number of carbonyl (C=O) groups excluding carboxylic acids is 2. The predicted octanol–water partition coefficient (Wildman–Crippen LogP) is 2.69. The quantitative estimate of drug-likeness (QED) is 0.898. The van der Waals surface area contributed by atoms with Crippen molar-refractivity contribution in [3.8, 4) is 0 Å². The zero-order valence-electron chi connectivity index (χ0n) is 13.5. The second kappa shape index (κ2) is 6.85. The second-order valence-electron chi connectivity index (χ2n) is 6.35. The Morgan fingerprint density at radius 3 is 2.14 bits per heavy atom. The highest BCUT2D eigenvalue weighted by molar-refractivity contribution is 5.89. The van der Waals surface area contributed by atoms with Crippen molar-refractivity contribution in [1.82, 2.24) is 10.6 Å². The SMILES string of the molecule is CC(NC(=O)C(C)(C)C)C(=O)NC(C)c1ccc(F)c(F)c1. The number of halogens is 2. The molecule has 2 N–H and O–H groups in total. The van der Waals surface area contributed by atoms with E-state index in [4.69, 9.17) is 0 Å². The Morgan fingerprint density at radius 2 is 1.64 bits per heavy atom. The summed E-state index contributed by atoms with van der Waals surface area (Å²) in [5.74, 6) is -2.54. The third-order valence-electron chi connectivity index (χ3n) is 3.22. The molecule has 2 unspecified atom stereocenters. The Bertz CT molecular complexity index is 568. The minimum atomic E-state index is -0.965. The minimum absolute atomic E-state index is 0.240. The van der Waals surface area contributed by atoms with Crippen LogP contribution >= 0.6 is 0 Å². The van der Waals surface area contributed by atoms with Crippen molar-refractivity contribution in [2.75, 3.05) is 0 Å². The van der Waals surface area contributed by atoms with Crippen LogP contribution in [0.1, 0.15) is 46.2 Å². The molecule has 0 saturated carbocycles. The zero-order chi connectivity index (χ0) is 17.1. The third-order valence-corrected chi connectivity index (χ3v) is 3.22. The summed E-state index contributed by atoms with van der Waals surface area (Å²) in [5.41, 5.74) is -0.151. The molecule has 0 aliphatic rings. The maximum absolute atomic E-state index is 13.2. The van der Waals surface area contributed by atoms with Gasteiger partial charge in [-0.1, -0.05) is 26.8 Å². The van der Waals surface area contributed by atoms with E-state index in [1.54, 1.807) is 34.6 Å². The average molecular weight is 312 g/mol. The van der Waals surface area contributed by atoms with Gasteiger partial charge in [0.2, 0.25) is 11.8 Å². The van der Waals surface area contributed by atoms with Gasteiger partial charge in [0.25, 0.3) is 0 Å². The Morgan fingerprint density at radius 1 is 1.05 bits per heavy atom. The van der Waals surface area contributed by atoms with Crippen LogP contribution in [-0.4, -0.2) is 17.9 Å². The largest absolute Gasteiger partial charge is 0.348 e. The lowest BCUT2D eigenvalue weighted by molar-refractivity contribution is -0.133. The number of amides is 2. The lowest BCUT2D eigenvalue weighted by Crippen LogP contribution is -2.48. The first-order valence-corrected chi connectivity index (χ1v) is 7.08. The van der Waals surface area contributed by atoms with Crippen LogP contribution in [-0.2, 0) is 9.59 Å². The summed E-state index contributed by atoms with van der Waals surface area (Å²) >= 11 is 0. The van der Waals surface area contributed by atoms with Crippen molar-refractivity contribution in [2.24, 2.45) is 5.41 Å². The highest BCUT2D eigenvalue weighted by Gasteiger charge is 2.25. The molecule has 6 heteroatoms. The first kappa shape index (κ1) is 18.1. The van der Waals surface area contributed by atoms with Crippen molar-refractivity contribution in [2.45, 2.75) is 46.7 Å². The van der Waals surface area contributed by atoms with Crippen LogP contribution in [0.4, 0.5) is 8.78 Å². The molecule has 0 spiro atoms. The zero-order valence-corrected chi connectivity index (χ0v) is 13.5. The van der Waals surface area contributed by atoms with Crippen LogP contribution < -0.4 is 10.6 Å². The normalized spacial score (nSPS) is 14.1. The van der Waals surface area contributed by atoms with Gasteiger partial charge in [-0.2, -0.15) is 0 Å². The molecule has 4 nitrogen and oxygen atoms in total. The molecule has 0 aliphatic carbocycles. The molecule has 0 aromatic heterocycles. The first-order valence-electron chi connectivity index (χ1n) is 7.08. The van der Waals surface area contributed by atoms with E-state index in [0.717, 1.165) is 12.1 Å². The number of hydrogen-bond acceptors (Lipinski definition) is 2. The van der Waals surface area contributed by atoms with Crippen molar-refractivity contribution in [3.63, 3.8) is 0 Å². The van der Waals surface area contributed by atoms with Crippen LogP contribution in [0.2, 0.25) is 0 Å². The maximum atomic E-state index is 13.2. The van der Waals surface area contributed by atoms with E-state index in [0.29, 0.717) is 5.56 Å². The van der Waals surface area contributed by atoms with Crippen molar-refractivity contribution < 1.29 is 18.4 Å². The van der Waals surface area contributed by atoms with E-state index in [2.05, 4.69) is 10.6 Å². The summed E-state index contributed by atoms with van der Waals surface area (Å²) in [6.07, 6.45) is 0. The standard InChI is InChI=1S/C16H22F2N2O2/c1-9(11-6-7-12(17)13(18)8-11)19-14(21)10(2)20-15(22)16(3,4)5/h6-10H,1-5H3,(H,19,21)(H,20,22). The summed E-state index contributed by atoms with van der Waals surface area (Å²) < 4.78 is 26.1. The van der Waals surface area contributed by atoms with Gasteiger partial charge in [0.05, 0.1) is 6.04 Å². The fourth-order valence-electron chi connectivity index (χ4n) is 1.68. The van der Waals surface area contributed by atoms with Crippen molar-refractivity contribution in [1.29, 1.82) is 0 Å². The van der Waals surface area contributed by atoms with E-state index in [-0.39, 0.29) is 5.91 Å². The van der Waals surface area contributed by atoms with Crippen molar-refractivity contribution in [3.05, 3.63) is 35.4 Å². The van der Waals surface area contributed by atoms with Gasteiger partial charge in [-0.15, -0.1) is 0 Å². The van der Waals surface area contributed by atoms with Gasteiger partial charge in [0, 0.05) is 5.41 Å². The number of rotatable bonds is 4. The highest BCUT2D eigenvalue weighted by atomic mass is 19.2. The molecule has 0 saturated heterocycles. The van der Waals surface area contributed by atoms with Gasteiger partial charge in [-0.3, -0.25) is 9.59 Å². The topological polar surface area (TPSA) is 58.2 Å². The minimum Gasteiger partial charge on any atom is -0.348 e. The summed E-state index contributed by atoms with van der Waals surface area (Å²) in [5, 5.41) is 5.27. The first-order chi connectivity index (χ1) is 10.0. The maximum Gasteiger partial charge on any atom is 0.242 e. The van der Waals surface area contributed by atoms with E-state index in [1.165, 1.54) is 6.07 Å². The van der Waals surface area contributed by atoms with Crippen LogP contribution in [0.3, 0.4) is 0 Å². The van der Waals surface area contributed by atoms with Gasteiger partial charge in [0.1, 0.15) is 6.04 Å². The van der Waals surface area contributed by atoms with Crippen LogP contribution in [0.15, 0.2) is 18.2 Å². The van der Waals surface area contributed by atoms with Gasteiger partial charge in [0.15, 0.2) is 11.6 Å². The van der Waals surface area contributed by atoms with Crippen LogP contribution in [0, 0.1) is 17.0 Å². The Hall–Kier alpha value is -1.98. The molecule has 0 heterocycles. The smallest absolute Gasteiger partial charge is 0.242 e. The molecule has 0 fully saturated rings. The molecule has 0 bridgehead atoms. The van der Waals surface area contributed by atoms with E-state index in [9.17, 15) is 18.4 Å². The molecule has 0 radical (unpaired) electrons. The number of nitrogens with one attached hydrogen (secondary N) is 2. The molecule has 2 amide bonds. The van der Waals surface area contributed by atoms with Gasteiger partial charge in [-0.25, -0.2) is 8.78 Å². The fourth-order valence-corrected chi connectivity index (χ4v) is 1.68. The van der Waals surface area contributed by atoms with Gasteiger partial charge < -0.3 is 10.6 Å². The summed E-state index contributed by atoms with van der Waals surface area (Å²) in [4.78, 5) is 23.9. The van der Waals surface area contributed by atoms with Crippen LogP contribution in [0.5, 0.6) is 0 Å². The number of hydrogen-bond donors (Lipinski definition) is 2. The molecule has 122 valence electrons. The highest BCUT2D eigenvalue weighted by Crippen LogP contribution is 2.16. The number of benzene rings is 1. The van der Waals surface area contributed by atoms with Crippen molar-refractivity contribution >= 4 is 11.8 Å². The molecule has 1 aromatic carbocycles. The molecule has 1 aromatic rings. The molecule has 22 heavy (non-hydrogen) atoms. The van der Waals surface area contributed by atoms with E-state index >= 15 is 0 Å². The van der Waals surface area contributed by atoms with E-state index < -0.39 is 35.0 Å². The molecular weight excluding hydrogens is 290 g/mol. The van der Waals surface area contributed by atoms with Gasteiger partial charge >= 0.3 is 0 Å². The van der Waals surface area contributed by atoms with Gasteiger partial charge in [-0.05, 0) is 31.5 Å². The molecule has 0 aliphatic heterocycles. The fraction of sp³-hybridized carbons (Fsp3) is 0.500. The second-order valence-corrected chi connectivity index (χ2v) is 6.35. The average Bonchev–Trinajstić information content (AvgIpc) is 2.40. The number of carbonyl (C=O) groups is 2. The summed E-state index contributed by atoms with van der Waals surface area (Å²) in [7, 11) is 0. The molecule has 1 rings (SSSR count). The molecular formula is C16H22F2N2O2. The predicted molar refractivity (Wildman–Crippen MR) is 80.0 cm³/mol. The monoisotopic (exact) mass is 312 g/mol. The Balaban J connectivity index is 2.67. The Labute approximate surface area is 129 Å². The Kier molecular flexibility index (Phi) is 5.63. The lowest BCUT2D eigenvalue weighted by atomic mass is 9.95. The van der Waals surface area contributed by atoms with E-state index in [1.807, 2.05) is 0 Å². The summed E-state index contributed by atoms with van der Waals surface area (Å²) in [6.45, 7) is 8.46. The lowest BCUT2D eigenvalue weighted by Gasteiger charge is -2.23.